The highest BCUT2D eigenvalue weighted by atomic mass is 14.9. The zero-order valence-corrected chi connectivity index (χ0v) is 9.66. The maximum atomic E-state index is 4.31. The van der Waals surface area contributed by atoms with Crippen molar-refractivity contribution in [1.82, 2.24) is 4.98 Å². The second-order valence-corrected chi connectivity index (χ2v) is 4.65. The molecule has 15 heavy (non-hydrogen) atoms. The summed E-state index contributed by atoms with van der Waals surface area (Å²) in [6, 6.07) is 4.77. The van der Waals surface area contributed by atoms with Gasteiger partial charge < -0.3 is 5.32 Å². The molecular weight excluding hydrogens is 184 g/mol. The van der Waals surface area contributed by atoms with Crippen LogP contribution in [0.4, 0.5) is 5.69 Å². The molecule has 1 aromatic heterocycles. The molecule has 2 heteroatoms. The molecule has 0 bridgehead atoms. The Hall–Kier alpha value is -1.05. The first kappa shape index (κ1) is 10.5. The Morgan fingerprint density at radius 1 is 1.33 bits per heavy atom. The van der Waals surface area contributed by atoms with E-state index in [1.54, 1.807) is 0 Å². The van der Waals surface area contributed by atoms with Crippen molar-refractivity contribution in [3.8, 4) is 0 Å². The zero-order chi connectivity index (χ0) is 10.7. The van der Waals surface area contributed by atoms with Crippen LogP contribution in [-0.2, 0) is 0 Å². The monoisotopic (exact) mass is 204 g/mol. The lowest BCUT2D eigenvalue weighted by atomic mass is 9.86. The molecule has 1 aliphatic carbocycles. The fourth-order valence-electron chi connectivity index (χ4n) is 2.37. The summed E-state index contributed by atoms with van der Waals surface area (Å²) in [6.07, 6.45) is 7.27. The number of pyridine rings is 1. The molecule has 1 fully saturated rings. The number of aryl methyl sites for hydroxylation is 1. The van der Waals surface area contributed by atoms with Crippen molar-refractivity contribution >= 4 is 5.69 Å². The maximum Gasteiger partial charge on any atom is 0.0603 e. The standard InChI is InChI=1S/C13H20N2/c1-10-6-3-4-7-12(10)15-13-8-5-9-14-11(13)2/h5,8-10,12,15H,3-4,6-7H2,1-2H3/t10-,12+/m0/s1. The van der Waals surface area contributed by atoms with Crippen molar-refractivity contribution in [2.45, 2.75) is 45.6 Å². The van der Waals surface area contributed by atoms with E-state index in [9.17, 15) is 0 Å². The molecule has 0 aliphatic heterocycles. The quantitative estimate of drug-likeness (QED) is 0.798. The SMILES string of the molecule is Cc1ncccc1N[C@@H]1CCCC[C@@H]1C. The van der Waals surface area contributed by atoms with Gasteiger partial charge in [-0.05, 0) is 37.8 Å². The van der Waals surface area contributed by atoms with Crippen LogP contribution in [0.1, 0.15) is 38.3 Å². The lowest BCUT2D eigenvalue weighted by Crippen LogP contribution is -2.30. The van der Waals surface area contributed by atoms with Gasteiger partial charge in [-0.2, -0.15) is 0 Å². The van der Waals surface area contributed by atoms with Crippen molar-refractivity contribution in [1.29, 1.82) is 0 Å². The Labute approximate surface area is 92.1 Å². The first-order chi connectivity index (χ1) is 7.27. The smallest absolute Gasteiger partial charge is 0.0603 e. The largest absolute Gasteiger partial charge is 0.381 e. The Morgan fingerprint density at radius 3 is 2.87 bits per heavy atom. The number of anilines is 1. The molecule has 82 valence electrons. The summed E-state index contributed by atoms with van der Waals surface area (Å²) >= 11 is 0. The van der Waals surface area contributed by atoms with E-state index in [0.717, 1.165) is 11.6 Å². The maximum absolute atomic E-state index is 4.31. The van der Waals surface area contributed by atoms with Crippen molar-refractivity contribution in [3.05, 3.63) is 24.0 Å². The predicted octanol–water partition coefficient (Wildman–Crippen LogP) is 3.38. The van der Waals surface area contributed by atoms with Gasteiger partial charge in [-0.15, -0.1) is 0 Å². The fourth-order valence-corrected chi connectivity index (χ4v) is 2.37. The van der Waals surface area contributed by atoms with Gasteiger partial charge in [-0.1, -0.05) is 19.8 Å². The van der Waals surface area contributed by atoms with Gasteiger partial charge in [-0.25, -0.2) is 0 Å². The lowest BCUT2D eigenvalue weighted by molar-refractivity contribution is 0.349. The molecule has 0 spiro atoms. The molecular formula is C13H20N2. The average molecular weight is 204 g/mol. The van der Waals surface area contributed by atoms with E-state index in [4.69, 9.17) is 0 Å². The Bertz CT molecular complexity index is 322. The van der Waals surface area contributed by atoms with Crippen LogP contribution in [0.2, 0.25) is 0 Å². The van der Waals surface area contributed by atoms with E-state index >= 15 is 0 Å². The summed E-state index contributed by atoms with van der Waals surface area (Å²) < 4.78 is 0. The van der Waals surface area contributed by atoms with Crippen LogP contribution in [0.3, 0.4) is 0 Å². The number of aromatic nitrogens is 1. The fraction of sp³-hybridized carbons (Fsp3) is 0.615. The van der Waals surface area contributed by atoms with Gasteiger partial charge >= 0.3 is 0 Å². The van der Waals surface area contributed by atoms with Crippen LogP contribution in [0.25, 0.3) is 0 Å². The molecule has 2 atom stereocenters. The minimum absolute atomic E-state index is 0.640. The number of nitrogens with zero attached hydrogens (tertiary/aromatic N) is 1. The second kappa shape index (κ2) is 4.65. The summed E-state index contributed by atoms with van der Waals surface area (Å²) in [4.78, 5) is 4.31. The highest BCUT2D eigenvalue weighted by molar-refractivity contribution is 5.47. The third kappa shape index (κ3) is 2.49. The summed E-state index contributed by atoms with van der Waals surface area (Å²) in [5, 5.41) is 3.64. The van der Waals surface area contributed by atoms with E-state index in [0.29, 0.717) is 6.04 Å². The van der Waals surface area contributed by atoms with E-state index in [1.165, 1.54) is 31.4 Å². The molecule has 1 heterocycles. The number of hydrogen-bond acceptors (Lipinski definition) is 2. The molecule has 0 saturated heterocycles. The summed E-state index contributed by atoms with van der Waals surface area (Å²) in [6.45, 7) is 4.42. The Kier molecular flexibility index (Phi) is 3.24. The van der Waals surface area contributed by atoms with Gasteiger partial charge in [0.2, 0.25) is 0 Å². The van der Waals surface area contributed by atoms with Gasteiger partial charge in [-0.3, -0.25) is 4.98 Å². The average Bonchev–Trinajstić information content (AvgIpc) is 2.24. The predicted molar refractivity (Wildman–Crippen MR) is 64.0 cm³/mol. The third-order valence-electron chi connectivity index (χ3n) is 3.46. The topological polar surface area (TPSA) is 24.9 Å². The molecule has 1 saturated carbocycles. The van der Waals surface area contributed by atoms with Gasteiger partial charge in [0, 0.05) is 12.2 Å². The van der Waals surface area contributed by atoms with Crippen molar-refractivity contribution in [2.24, 2.45) is 5.92 Å². The number of rotatable bonds is 2. The van der Waals surface area contributed by atoms with Crippen molar-refractivity contribution < 1.29 is 0 Å². The molecule has 2 nitrogen and oxygen atoms in total. The van der Waals surface area contributed by atoms with Crippen LogP contribution in [0, 0.1) is 12.8 Å². The molecule has 0 radical (unpaired) electrons. The molecule has 2 rings (SSSR count). The zero-order valence-electron chi connectivity index (χ0n) is 9.66. The normalized spacial score (nSPS) is 26.3. The van der Waals surface area contributed by atoms with Gasteiger partial charge in [0.1, 0.15) is 0 Å². The molecule has 1 aliphatic rings. The second-order valence-electron chi connectivity index (χ2n) is 4.65. The van der Waals surface area contributed by atoms with Gasteiger partial charge in [0.15, 0.2) is 0 Å². The molecule has 1 N–H and O–H groups in total. The number of nitrogens with one attached hydrogen (secondary N) is 1. The summed E-state index contributed by atoms with van der Waals surface area (Å²) in [5.41, 5.74) is 2.31. The van der Waals surface area contributed by atoms with Crippen LogP contribution < -0.4 is 5.32 Å². The number of hydrogen-bond donors (Lipinski definition) is 1. The van der Waals surface area contributed by atoms with E-state index in [-0.39, 0.29) is 0 Å². The van der Waals surface area contributed by atoms with Crippen LogP contribution in [0.5, 0.6) is 0 Å². The highest BCUT2D eigenvalue weighted by Crippen LogP contribution is 2.27. The first-order valence-corrected chi connectivity index (χ1v) is 5.95. The molecule has 0 amide bonds. The van der Waals surface area contributed by atoms with E-state index < -0.39 is 0 Å². The van der Waals surface area contributed by atoms with Crippen LogP contribution >= 0.6 is 0 Å². The molecule has 0 aromatic carbocycles. The van der Waals surface area contributed by atoms with Gasteiger partial charge in [0.05, 0.1) is 11.4 Å². The minimum Gasteiger partial charge on any atom is -0.381 e. The van der Waals surface area contributed by atoms with E-state index in [1.807, 2.05) is 12.3 Å². The summed E-state index contributed by atoms with van der Waals surface area (Å²) in [7, 11) is 0. The summed E-state index contributed by atoms with van der Waals surface area (Å²) in [5.74, 6) is 0.790. The Balaban J connectivity index is 2.04. The lowest BCUT2D eigenvalue weighted by Gasteiger charge is -2.30. The van der Waals surface area contributed by atoms with Crippen LogP contribution in [0.15, 0.2) is 18.3 Å². The van der Waals surface area contributed by atoms with Crippen LogP contribution in [-0.4, -0.2) is 11.0 Å². The minimum atomic E-state index is 0.640. The third-order valence-corrected chi connectivity index (χ3v) is 3.46. The first-order valence-electron chi connectivity index (χ1n) is 5.95. The van der Waals surface area contributed by atoms with Crippen molar-refractivity contribution in [3.63, 3.8) is 0 Å². The molecule has 0 unspecified atom stereocenters. The Morgan fingerprint density at radius 2 is 2.13 bits per heavy atom. The highest BCUT2D eigenvalue weighted by Gasteiger charge is 2.21. The van der Waals surface area contributed by atoms with Gasteiger partial charge in [0.25, 0.3) is 0 Å². The molecule has 1 aromatic rings. The van der Waals surface area contributed by atoms with Crippen molar-refractivity contribution in [2.75, 3.05) is 5.32 Å². The van der Waals surface area contributed by atoms with E-state index in [2.05, 4.69) is 30.2 Å².